The van der Waals surface area contributed by atoms with Crippen LogP contribution in [-0.4, -0.2) is 27.3 Å². The molecule has 0 amide bonds. The van der Waals surface area contributed by atoms with Crippen LogP contribution in [0.1, 0.15) is 13.3 Å². The second-order valence-corrected chi connectivity index (χ2v) is 3.91. The standard InChI is InChI=1S/C11H16N4O/c1-9(12-2)6-8-15-11(16)14-7-4-3-5-10(14)13-15/h3-5,7,9,12H,6,8H2,1-2H3. The van der Waals surface area contributed by atoms with E-state index in [1.807, 2.05) is 25.2 Å². The highest BCUT2D eigenvalue weighted by atomic mass is 16.2. The van der Waals surface area contributed by atoms with Crippen LogP contribution in [0.2, 0.25) is 0 Å². The van der Waals surface area contributed by atoms with Crippen LogP contribution in [0, 0.1) is 0 Å². The molecule has 1 unspecified atom stereocenters. The number of fused-ring (bicyclic) bond motifs is 1. The van der Waals surface area contributed by atoms with Gasteiger partial charge in [0.2, 0.25) is 0 Å². The molecule has 2 heterocycles. The molecule has 0 spiro atoms. The number of aryl methyl sites for hydroxylation is 1. The van der Waals surface area contributed by atoms with Crippen LogP contribution in [-0.2, 0) is 6.54 Å². The molecule has 0 aliphatic carbocycles. The highest BCUT2D eigenvalue weighted by Gasteiger charge is 2.06. The molecule has 1 N–H and O–H groups in total. The number of pyridine rings is 1. The van der Waals surface area contributed by atoms with Gasteiger partial charge in [0.05, 0.1) is 0 Å². The molecular weight excluding hydrogens is 204 g/mol. The fraction of sp³-hybridized carbons (Fsp3) is 0.455. The fourth-order valence-electron chi connectivity index (χ4n) is 1.57. The molecule has 1 atom stereocenters. The van der Waals surface area contributed by atoms with E-state index < -0.39 is 0 Å². The third kappa shape index (κ3) is 1.99. The van der Waals surface area contributed by atoms with Gasteiger partial charge in [-0.3, -0.25) is 4.40 Å². The van der Waals surface area contributed by atoms with E-state index in [1.165, 1.54) is 4.68 Å². The molecule has 0 fully saturated rings. The van der Waals surface area contributed by atoms with Gasteiger partial charge in [0.15, 0.2) is 5.65 Å². The summed E-state index contributed by atoms with van der Waals surface area (Å²) in [4.78, 5) is 11.9. The fourth-order valence-corrected chi connectivity index (χ4v) is 1.57. The quantitative estimate of drug-likeness (QED) is 0.816. The SMILES string of the molecule is CNC(C)CCn1nc2ccccn2c1=O. The normalized spacial score (nSPS) is 13.1. The first-order chi connectivity index (χ1) is 7.72. The monoisotopic (exact) mass is 220 g/mol. The smallest absolute Gasteiger partial charge is 0.317 e. The highest BCUT2D eigenvalue weighted by molar-refractivity contribution is 5.35. The minimum absolute atomic E-state index is 0.0705. The average Bonchev–Trinajstić information content (AvgIpc) is 2.64. The Morgan fingerprint density at radius 1 is 1.50 bits per heavy atom. The molecular formula is C11H16N4O. The average molecular weight is 220 g/mol. The van der Waals surface area contributed by atoms with Crippen LogP contribution in [0.25, 0.3) is 5.65 Å². The minimum Gasteiger partial charge on any atom is -0.317 e. The van der Waals surface area contributed by atoms with Crippen molar-refractivity contribution in [3.63, 3.8) is 0 Å². The number of hydrogen-bond donors (Lipinski definition) is 1. The van der Waals surface area contributed by atoms with Gasteiger partial charge in [-0.1, -0.05) is 6.07 Å². The summed E-state index contributed by atoms with van der Waals surface area (Å²) in [5.41, 5.74) is 0.628. The van der Waals surface area contributed by atoms with Gasteiger partial charge in [-0.15, -0.1) is 5.10 Å². The zero-order valence-corrected chi connectivity index (χ0v) is 9.55. The molecule has 0 aliphatic rings. The summed E-state index contributed by atoms with van der Waals surface area (Å²) in [5.74, 6) is 0. The van der Waals surface area contributed by atoms with Crippen LogP contribution >= 0.6 is 0 Å². The maximum Gasteiger partial charge on any atom is 0.350 e. The van der Waals surface area contributed by atoms with Crippen molar-refractivity contribution in [2.45, 2.75) is 25.9 Å². The molecule has 2 aromatic rings. The summed E-state index contributed by atoms with van der Waals surface area (Å²) in [6.45, 7) is 2.73. The molecule has 0 aromatic carbocycles. The van der Waals surface area contributed by atoms with Crippen LogP contribution in [0.4, 0.5) is 0 Å². The van der Waals surface area contributed by atoms with Gasteiger partial charge >= 0.3 is 5.69 Å². The second-order valence-electron chi connectivity index (χ2n) is 3.91. The first-order valence-corrected chi connectivity index (χ1v) is 5.44. The Hall–Kier alpha value is -1.62. The molecule has 0 aliphatic heterocycles. The maximum atomic E-state index is 11.9. The molecule has 86 valence electrons. The number of nitrogens with zero attached hydrogens (tertiary/aromatic N) is 3. The van der Waals surface area contributed by atoms with Gasteiger partial charge in [-0.05, 0) is 32.5 Å². The van der Waals surface area contributed by atoms with E-state index in [0.29, 0.717) is 18.2 Å². The first-order valence-electron chi connectivity index (χ1n) is 5.44. The molecule has 5 nitrogen and oxygen atoms in total. The van der Waals surface area contributed by atoms with Crippen LogP contribution < -0.4 is 11.0 Å². The molecule has 5 heteroatoms. The van der Waals surface area contributed by atoms with Gasteiger partial charge in [0.25, 0.3) is 0 Å². The van der Waals surface area contributed by atoms with Crippen LogP contribution in [0.15, 0.2) is 29.2 Å². The van der Waals surface area contributed by atoms with Gasteiger partial charge in [-0.2, -0.15) is 0 Å². The summed E-state index contributed by atoms with van der Waals surface area (Å²) in [6.07, 6.45) is 2.63. The van der Waals surface area contributed by atoms with E-state index in [2.05, 4.69) is 17.3 Å². The molecule has 2 aromatic heterocycles. The van der Waals surface area contributed by atoms with Crippen molar-refractivity contribution in [2.75, 3.05) is 7.05 Å². The third-order valence-electron chi connectivity index (χ3n) is 2.76. The summed E-state index contributed by atoms with van der Waals surface area (Å²) >= 11 is 0. The summed E-state index contributed by atoms with van der Waals surface area (Å²) < 4.78 is 3.08. The third-order valence-corrected chi connectivity index (χ3v) is 2.76. The van der Waals surface area contributed by atoms with Crippen molar-refractivity contribution in [1.29, 1.82) is 0 Å². The first kappa shape index (κ1) is 10.9. The topological polar surface area (TPSA) is 51.3 Å². The van der Waals surface area contributed by atoms with E-state index in [0.717, 1.165) is 6.42 Å². The Morgan fingerprint density at radius 2 is 2.31 bits per heavy atom. The molecule has 0 radical (unpaired) electrons. The Kier molecular flexibility index (Phi) is 3.05. The Morgan fingerprint density at radius 3 is 3.00 bits per heavy atom. The molecule has 0 saturated carbocycles. The van der Waals surface area contributed by atoms with Crippen LogP contribution in [0.3, 0.4) is 0 Å². The highest BCUT2D eigenvalue weighted by Crippen LogP contribution is 1.97. The zero-order chi connectivity index (χ0) is 11.5. The Bertz CT molecular complexity index is 528. The number of nitrogens with one attached hydrogen (secondary N) is 1. The predicted octanol–water partition coefficient (Wildman–Crippen LogP) is 0.494. The van der Waals surface area contributed by atoms with Gasteiger partial charge < -0.3 is 5.32 Å². The Balaban J connectivity index is 2.25. The van der Waals surface area contributed by atoms with Crippen molar-refractivity contribution in [1.82, 2.24) is 19.5 Å². The van der Waals surface area contributed by atoms with Gasteiger partial charge in [-0.25, -0.2) is 9.48 Å². The van der Waals surface area contributed by atoms with Crippen molar-refractivity contribution in [2.24, 2.45) is 0 Å². The van der Waals surface area contributed by atoms with E-state index in [9.17, 15) is 4.79 Å². The van der Waals surface area contributed by atoms with E-state index >= 15 is 0 Å². The summed E-state index contributed by atoms with van der Waals surface area (Å²) in [6, 6.07) is 5.93. The zero-order valence-electron chi connectivity index (χ0n) is 9.55. The molecule has 0 saturated heterocycles. The molecule has 2 rings (SSSR count). The minimum atomic E-state index is -0.0705. The molecule has 0 bridgehead atoms. The van der Waals surface area contributed by atoms with Gasteiger partial charge in [0, 0.05) is 18.8 Å². The maximum absolute atomic E-state index is 11.9. The lowest BCUT2D eigenvalue weighted by Gasteiger charge is -2.08. The lowest BCUT2D eigenvalue weighted by Crippen LogP contribution is -2.27. The van der Waals surface area contributed by atoms with Crippen molar-refractivity contribution >= 4 is 5.65 Å². The Labute approximate surface area is 93.7 Å². The number of hydrogen-bond acceptors (Lipinski definition) is 3. The lowest BCUT2D eigenvalue weighted by atomic mass is 10.2. The summed E-state index contributed by atoms with van der Waals surface area (Å²) in [5, 5.41) is 7.40. The largest absolute Gasteiger partial charge is 0.350 e. The summed E-state index contributed by atoms with van der Waals surface area (Å²) in [7, 11) is 1.91. The lowest BCUT2D eigenvalue weighted by molar-refractivity contribution is 0.477. The van der Waals surface area contributed by atoms with E-state index in [-0.39, 0.29) is 5.69 Å². The van der Waals surface area contributed by atoms with Crippen molar-refractivity contribution in [3.8, 4) is 0 Å². The van der Waals surface area contributed by atoms with Crippen LogP contribution in [0.5, 0.6) is 0 Å². The van der Waals surface area contributed by atoms with Crippen molar-refractivity contribution in [3.05, 3.63) is 34.9 Å². The molecule has 16 heavy (non-hydrogen) atoms. The predicted molar refractivity (Wildman–Crippen MR) is 62.6 cm³/mol. The van der Waals surface area contributed by atoms with E-state index in [4.69, 9.17) is 0 Å². The number of rotatable bonds is 4. The van der Waals surface area contributed by atoms with Gasteiger partial charge in [0.1, 0.15) is 0 Å². The number of aromatic nitrogens is 3. The second kappa shape index (κ2) is 4.49. The van der Waals surface area contributed by atoms with E-state index in [1.54, 1.807) is 10.6 Å². The van der Waals surface area contributed by atoms with Crippen molar-refractivity contribution < 1.29 is 0 Å².